The van der Waals surface area contributed by atoms with Gasteiger partial charge in [0, 0.05) is 30.8 Å². The van der Waals surface area contributed by atoms with Gasteiger partial charge in [-0.25, -0.2) is 0 Å². The molecule has 26 heavy (non-hydrogen) atoms. The summed E-state index contributed by atoms with van der Waals surface area (Å²) in [6.07, 6.45) is 5.74. The fraction of sp³-hybridized carbons (Fsp3) is 0.471. The molecule has 8 nitrogen and oxygen atoms in total. The van der Waals surface area contributed by atoms with E-state index in [0.717, 1.165) is 18.4 Å². The van der Waals surface area contributed by atoms with Gasteiger partial charge < -0.3 is 9.88 Å². The molecule has 1 aliphatic carbocycles. The first-order valence-corrected chi connectivity index (χ1v) is 9.59. The molecule has 1 aromatic carbocycles. The van der Waals surface area contributed by atoms with Crippen LogP contribution in [-0.4, -0.2) is 37.4 Å². The highest BCUT2D eigenvalue weighted by atomic mass is 32.2. The molecule has 0 radical (unpaired) electrons. The molecule has 1 amide bonds. The van der Waals surface area contributed by atoms with Gasteiger partial charge in [0.15, 0.2) is 11.0 Å². The number of hydrogen-bond donors (Lipinski definition) is 1. The van der Waals surface area contributed by atoms with Crippen molar-refractivity contribution in [3.63, 3.8) is 0 Å². The summed E-state index contributed by atoms with van der Waals surface area (Å²) in [7, 11) is 1.82. The van der Waals surface area contributed by atoms with Crippen LogP contribution in [0.3, 0.4) is 0 Å². The van der Waals surface area contributed by atoms with Crippen LogP contribution >= 0.6 is 11.8 Å². The van der Waals surface area contributed by atoms with Crippen molar-refractivity contribution >= 4 is 23.4 Å². The number of amides is 1. The van der Waals surface area contributed by atoms with E-state index < -0.39 is 4.92 Å². The highest BCUT2D eigenvalue weighted by Gasteiger charge is 2.17. The number of hydrogen-bond acceptors (Lipinski definition) is 6. The Kier molecular flexibility index (Phi) is 5.87. The number of carbonyl (C=O) groups is 1. The summed E-state index contributed by atoms with van der Waals surface area (Å²) >= 11 is 1.34. The Morgan fingerprint density at radius 1 is 1.27 bits per heavy atom. The van der Waals surface area contributed by atoms with Crippen LogP contribution in [-0.2, 0) is 11.8 Å². The smallest absolute Gasteiger partial charge is 0.269 e. The Morgan fingerprint density at radius 3 is 2.62 bits per heavy atom. The predicted octanol–water partition coefficient (Wildman–Crippen LogP) is 2.93. The number of rotatable bonds is 6. The van der Waals surface area contributed by atoms with Gasteiger partial charge in [-0.2, -0.15) is 0 Å². The second kappa shape index (κ2) is 8.31. The molecule has 0 spiro atoms. The Balaban J connectivity index is 1.59. The Labute approximate surface area is 155 Å². The number of aromatic nitrogens is 3. The standard InChI is InChI=1S/C17H21N5O3S/c1-21-16(12-7-9-14(10-8-12)22(24)25)19-20-17(21)26-11-15(23)18-13-5-3-2-4-6-13/h7-10,13H,2-6,11H2,1H3,(H,18,23). The van der Waals surface area contributed by atoms with Crippen molar-refractivity contribution in [2.75, 3.05) is 5.75 Å². The zero-order valence-corrected chi connectivity index (χ0v) is 15.4. The molecule has 1 N–H and O–H groups in total. The lowest BCUT2D eigenvalue weighted by molar-refractivity contribution is -0.384. The highest BCUT2D eigenvalue weighted by Crippen LogP contribution is 2.24. The molecule has 2 aromatic rings. The summed E-state index contributed by atoms with van der Waals surface area (Å²) in [5, 5.41) is 22.7. The van der Waals surface area contributed by atoms with Crippen molar-refractivity contribution in [3.8, 4) is 11.4 Å². The second-order valence-corrected chi connectivity index (χ2v) is 7.30. The van der Waals surface area contributed by atoms with E-state index in [1.807, 2.05) is 7.05 Å². The number of nitro groups is 1. The van der Waals surface area contributed by atoms with E-state index >= 15 is 0 Å². The van der Waals surface area contributed by atoms with Crippen LogP contribution < -0.4 is 5.32 Å². The lowest BCUT2D eigenvalue weighted by atomic mass is 9.95. The fourth-order valence-corrected chi connectivity index (χ4v) is 3.79. The van der Waals surface area contributed by atoms with Crippen molar-refractivity contribution in [1.82, 2.24) is 20.1 Å². The summed E-state index contributed by atoms with van der Waals surface area (Å²) in [6, 6.07) is 6.47. The minimum Gasteiger partial charge on any atom is -0.353 e. The monoisotopic (exact) mass is 375 g/mol. The average Bonchev–Trinajstić information content (AvgIpc) is 3.01. The van der Waals surface area contributed by atoms with E-state index in [4.69, 9.17) is 0 Å². The Bertz CT molecular complexity index is 784. The van der Waals surface area contributed by atoms with Gasteiger partial charge in [-0.3, -0.25) is 14.9 Å². The van der Waals surface area contributed by atoms with E-state index in [-0.39, 0.29) is 11.6 Å². The molecular formula is C17H21N5O3S. The van der Waals surface area contributed by atoms with Crippen molar-refractivity contribution < 1.29 is 9.72 Å². The average molecular weight is 375 g/mol. The SMILES string of the molecule is Cn1c(SCC(=O)NC2CCCCC2)nnc1-c1ccc([N+](=O)[O-])cc1. The van der Waals surface area contributed by atoms with E-state index in [9.17, 15) is 14.9 Å². The largest absolute Gasteiger partial charge is 0.353 e. The number of nitrogens with one attached hydrogen (secondary N) is 1. The Morgan fingerprint density at radius 2 is 1.96 bits per heavy atom. The van der Waals surface area contributed by atoms with E-state index in [1.54, 1.807) is 16.7 Å². The first-order chi connectivity index (χ1) is 12.5. The molecule has 0 bridgehead atoms. The minimum absolute atomic E-state index is 0.0155. The first-order valence-electron chi connectivity index (χ1n) is 8.61. The van der Waals surface area contributed by atoms with Crippen LogP contribution in [0.5, 0.6) is 0 Å². The molecule has 9 heteroatoms. The van der Waals surface area contributed by atoms with E-state index in [1.165, 1.54) is 43.2 Å². The zero-order valence-electron chi connectivity index (χ0n) is 14.6. The van der Waals surface area contributed by atoms with Crippen LogP contribution in [0.25, 0.3) is 11.4 Å². The minimum atomic E-state index is -0.438. The van der Waals surface area contributed by atoms with Gasteiger partial charge in [0.1, 0.15) is 0 Å². The number of thioether (sulfide) groups is 1. The summed E-state index contributed by atoms with van der Waals surface area (Å²) in [5.41, 5.74) is 0.772. The maximum Gasteiger partial charge on any atom is 0.269 e. The molecule has 0 atom stereocenters. The van der Waals surface area contributed by atoms with Crippen LogP contribution in [0.2, 0.25) is 0 Å². The molecule has 1 fully saturated rings. The first kappa shape index (κ1) is 18.4. The lowest BCUT2D eigenvalue weighted by Gasteiger charge is -2.22. The molecule has 0 unspecified atom stereocenters. The molecule has 1 heterocycles. The molecule has 3 rings (SSSR count). The topological polar surface area (TPSA) is 103 Å². The zero-order chi connectivity index (χ0) is 18.5. The van der Waals surface area contributed by atoms with Gasteiger partial charge in [-0.15, -0.1) is 10.2 Å². The third-order valence-corrected chi connectivity index (χ3v) is 5.49. The number of carbonyl (C=O) groups excluding carboxylic acids is 1. The van der Waals surface area contributed by atoms with Crippen LogP contribution in [0.1, 0.15) is 32.1 Å². The maximum absolute atomic E-state index is 12.1. The highest BCUT2D eigenvalue weighted by molar-refractivity contribution is 7.99. The maximum atomic E-state index is 12.1. The molecule has 0 saturated heterocycles. The van der Waals surface area contributed by atoms with Gasteiger partial charge in [0.2, 0.25) is 5.91 Å². The molecule has 1 aliphatic rings. The summed E-state index contributed by atoms with van der Waals surface area (Å²) in [6.45, 7) is 0. The predicted molar refractivity (Wildman–Crippen MR) is 98.8 cm³/mol. The summed E-state index contributed by atoms with van der Waals surface area (Å²) in [5.74, 6) is 0.916. The molecule has 1 saturated carbocycles. The quantitative estimate of drug-likeness (QED) is 0.473. The lowest BCUT2D eigenvalue weighted by Crippen LogP contribution is -2.37. The van der Waals surface area contributed by atoms with Crippen molar-refractivity contribution in [2.45, 2.75) is 43.3 Å². The van der Waals surface area contributed by atoms with E-state index in [2.05, 4.69) is 15.5 Å². The molecule has 138 valence electrons. The third-order valence-electron chi connectivity index (χ3n) is 4.47. The molecule has 1 aromatic heterocycles. The third kappa shape index (κ3) is 4.40. The molecule has 0 aliphatic heterocycles. The van der Waals surface area contributed by atoms with Gasteiger partial charge in [-0.05, 0) is 25.0 Å². The number of nitrogens with zero attached hydrogens (tertiary/aromatic N) is 4. The van der Waals surface area contributed by atoms with Gasteiger partial charge in [0.25, 0.3) is 5.69 Å². The number of benzene rings is 1. The normalized spacial score (nSPS) is 15.0. The second-order valence-electron chi connectivity index (χ2n) is 6.36. The number of non-ortho nitro benzene ring substituents is 1. The summed E-state index contributed by atoms with van der Waals surface area (Å²) < 4.78 is 1.79. The van der Waals surface area contributed by atoms with E-state index in [0.29, 0.717) is 22.8 Å². The van der Waals surface area contributed by atoms with Gasteiger partial charge in [0.05, 0.1) is 10.7 Å². The fourth-order valence-electron chi connectivity index (χ4n) is 3.07. The van der Waals surface area contributed by atoms with Crippen molar-refractivity contribution in [3.05, 3.63) is 34.4 Å². The van der Waals surface area contributed by atoms with Crippen LogP contribution in [0.15, 0.2) is 29.4 Å². The van der Waals surface area contributed by atoms with Crippen LogP contribution in [0.4, 0.5) is 5.69 Å². The van der Waals surface area contributed by atoms with Crippen LogP contribution in [0, 0.1) is 10.1 Å². The number of nitro benzene ring substituents is 1. The van der Waals surface area contributed by atoms with Crippen molar-refractivity contribution in [1.29, 1.82) is 0 Å². The van der Waals surface area contributed by atoms with Gasteiger partial charge >= 0.3 is 0 Å². The Hall–Kier alpha value is -2.42. The summed E-state index contributed by atoms with van der Waals surface area (Å²) in [4.78, 5) is 22.4. The van der Waals surface area contributed by atoms with Crippen molar-refractivity contribution in [2.24, 2.45) is 7.05 Å². The van der Waals surface area contributed by atoms with Gasteiger partial charge in [-0.1, -0.05) is 31.0 Å². The molecular weight excluding hydrogens is 354 g/mol.